The summed E-state index contributed by atoms with van der Waals surface area (Å²) in [7, 11) is 0. The van der Waals surface area contributed by atoms with E-state index in [9.17, 15) is 18.0 Å². The second-order valence-electron chi connectivity index (χ2n) is 7.38. The zero-order valence-corrected chi connectivity index (χ0v) is 17.2. The van der Waals surface area contributed by atoms with Crippen LogP contribution < -0.4 is 21.1 Å². The van der Waals surface area contributed by atoms with E-state index in [1.165, 1.54) is 22.9 Å². The number of alkyl halides is 3. The van der Waals surface area contributed by atoms with Crippen molar-refractivity contribution in [3.8, 4) is 5.75 Å². The van der Waals surface area contributed by atoms with Crippen LogP contribution in [0.4, 0.5) is 19.1 Å². The highest BCUT2D eigenvalue weighted by Crippen LogP contribution is 2.34. The van der Waals surface area contributed by atoms with Crippen molar-refractivity contribution in [3.05, 3.63) is 45.5 Å². The van der Waals surface area contributed by atoms with Crippen LogP contribution in [0.5, 0.6) is 5.75 Å². The fraction of sp³-hybridized carbons (Fsp3) is 0.421. The van der Waals surface area contributed by atoms with Crippen LogP contribution in [0.15, 0.2) is 29.2 Å². The van der Waals surface area contributed by atoms with Gasteiger partial charge in [0.2, 0.25) is 5.95 Å². The largest absolute Gasteiger partial charge is 0.573 e. The third kappa shape index (κ3) is 4.77. The molecule has 2 aromatic heterocycles. The number of imidazole rings is 1. The molecule has 3 aromatic rings. The first-order chi connectivity index (χ1) is 14.7. The van der Waals surface area contributed by atoms with Gasteiger partial charge in [-0.1, -0.05) is 11.6 Å². The SMILES string of the molecule is C[C@@H](c1cc(Cl)ccc1OC(F)(F)F)n1c(=O)[nH]c2cnc(NC[C@@H]3CCNC3)nc21. The fourth-order valence-electron chi connectivity index (χ4n) is 3.69. The number of anilines is 1. The summed E-state index contributed by atoms with van der Waals surface area (Å²) in [6, 6.07) is 2.91. The van der Waals surface area contributed by atoms with Crippen molar-refractivity contribution in [3.63, 3.8) is 0 Å². The number of nitrogens with zero attached hydrogens (tertiary/aromatic N) is 3. The number of benzene rings is 1. The molecule has 0 saturated carbocycles. The van der Waals surface area contributed by atoms with Gasteiger partial charge in [-0.2, -0.15) is 4.98 Å². The predicted molar refractivity (Wildman–Crippen MR) is 110 cm³/mol. The molecule has 1 fully saturated rings. The molecular formula is C19H20ClF3N6O2. The molecule has 0 unspecified atom stereocenters. The maximum Gasteiger partial charge on any atom is 0.573 e. The van der Waals surface area contributed by atoms with Crippen LogP contribution in [0.25, 0.3) is 11.2 Å². The quantitative estimate of drug-likeness (QED) is 0.526. The molecule has 4 rings (SSSR count). The van der Waals surface area contributed by atoms with Gasteiger partial charge in [-0.3, -0.25) is 4.57 Å². The number of hydrogen-bond acceptors (Lipinski definition) is 6. The zero-order valence-electron chi connectivity index (χ0n) is 16.5. The molecule has 0 spiro atoms. The minimum atomic E-state index is -4.89. The van der Waals surface area contributed by atoms with Gasteiger partial charge in [0, 0.05) is 17.1 Å². The Morgan fingerprint density at radius 1 is 1.42 bits per heavy atom. The molecule has 31 heavy (non-hydrogen) atoms. The summed E-state index contributed by atoms with van der Waals surface area (Å²) >= 11 is 6.01. The van der Waals surface area contributed by atoms with E-state index < -0.39 is 23.8 Å². The molecule has 1 aliphatic rings. The van der Waals surface area contributed by atoms with Crippen molar-refractivity contribution in [2.75, 3.05) is 25.0 Å². The van der Waals surface area contributed by atoms with Gasteiger partial charge in [-0.25, -0.2) is 9.78 Å². The van der Waals surface area contributed by atoms with Crippen LogP contribution in [0.2, 0.25) is 5.02 Å². The summed E-state index contributed by atoms with van der Waals surface area (Å²) < 4.78 is 44.0. The highest BCUT2D eigenvalue weighted by atomic mass is 35.5. The van der Waals surface area contributed by atoms with Gasteiger partial charge in [0.05, 0.1) is 12.2 Å². The van der Waals surface area contributed by atoms with E-state index in [0.717, 1.165) is 25.6 Å². The van der Waals surface area contributed by atoms with Crippen LogP contribution in [-0.4, -0.2) is 45.5 Å². The number of H-pyrrole nitrogens is 1. The first-order valence-electron chi connectivity index (χ1n) is 9.68. The average Bonchev–Trinajstić information content (AvgIpc) is 3.32. The predicted octanol–water partition coefficient (Wildman–Crippen LogP) is 3.30. The smallest absolute Gasteiger partial charge is 0.405 e. The summed E-state index contributed by atoms with van der Waals surface area (Å²) in [5.41, 5.74) is 0.188. The topological polar surface area (TPSA) is 96.9 Å². The van der Waals surface area contributed by atoms with Gasteiger partial charge in [0.1, 0.15) is 11.3 Å². The van der Waals surface area contributed by atoms with Crippen molar-refractivity contribution in [2.24, 2.45) is 5.92 Å². The van der Waals surface area contributed by atoms with Gasteiger partial charge < -0.3 is 20.4 Å². The number of rotatable bonds is 6. The molecule has 0 radical (unpaired) electrons. The van der Waals surface area contributed by atoms with Crippen LogP contribution >= 0.6 is 11.6 Å². The van der Waals surface area contributed by atoms with E-state index >= 15 is 0 Å². The van der Waals surface area contributed by atoms with Crippen molar-refractivity contribution in [1.82, 2.24) is 24.8 Å². The normalized spacial score (nSPS) is 17.8. The molecule has 3 N–H and O–H groups in total. The van der Waals surface area contributed by atoms with E-state index in [0.29, 0.717) is 23.9 Å². The van der Waals surface area contributed by atoms with E-state index in [1.807, 2.05) is 0 Å². The monoisotopic (exact) mass is 456 g/mol. The standard InChI is InChI=1S/C19H20ClF3N6O2/c1-10(13-6-12(20)2-3-15(13)31-19(21,22)23)29-16-14(27-18(29)30)9-26-17(28-16)25-8-11-4-5-24-7-11/h2-3,6,9-11,24H,4-5,7-8H2,1H3,(H,27,30)(H,25,26,28)/t10-,11+/m0/s1. The van der Waals surface area contributed by atoms with Crippen LogP contribution in [0.3, 0.4) is 0 Å². The van der Waals surface area contributed by atoms with E-state index in [2.05, 4.69) is 30.3 Å². The molecule has 8 nitrogen and oxygen atoms in total. The first kappa shape index (κ1) is 21.4. The lowest BCUT2D eigenvalue weighted by molar-refractivity contribution is -0.275. The Morgan fingerprint density at radius 2 is 2.23 bits per heavy atom. The summed E-state index contributed by atoms with van der Waals surface area (Å²) in [6.07, 6.45) is -2.38. The van der Waals surface area contributed by atoms with E-state index in [4.69, 9.17) is 11.6 Å². The lowest BCUT2D eigenvalue weighted by atomic mass is 10.1. The molecule has 1 aliphatic heterocycles. The highest BCUT2D eigenvalue weighted by Gasteiger charge is 2.33. The van der Waals surface area contributed by atoms with Crippen molar-refractivity contribution < 1.29 is 17.9 Å². The van der Waals surface area contributed by atoms with Gasteiger partial charge in [0.25, 0.3) is 0 Å². The third-order valence-corrected chi connectivity index (χ3v) is 5.44. The Labute approximate surface area is 179 Å². The Balaban J connectivity index is 1.70. The van der Waals surface area contributed by atoms with Gasteiger partial charge >= 0.3 is 12.1 Å². The van der Waals surface area contributed by atoms with Crippen molar-refractivity contribution in [2.45, 2.75) is 25.7 Å². The highest BCUT2D eigenvalue weighted by molar-refractivity contribution is 6.30. The lowest BCUT2D eigenvalue weighted by Gasteiger charge is -2.19. The molecular weight excluding hydrogens is 437 g/mol. The second-order valence-corrected chi connectivity index (χ2v) is 7.81. The Kier molecular flexibility index (Phi) is 5.80. The maximum atomic E-state index is 12.9. The summed E-state index contributed by atoms with van der Waals surface area (Å²) in [4.78, 5) is 23.9. The van der Waals surface area contributed by atoms with Crippen LogP contribution in [-0.2, 0) is 0 Å². The molecule has 1 aromatic carbocycles. The Bertz CT molecular complexity index is 1140. The summed E-state index contributed by atoms with van der Waals surface area (Å²) in [5, 5.41) is 6.65. The number of aromatic amines is 1. The molecule has 1 saturated heterocycles. The summed E-state index contributed by atoms with van der Waals surface area (Å²) in [5.74, 6) is 0.337. The van der Waals surface area contributed by atoms with E-state index in [1.54, 1.807) is 6.92 Å². The summed E-state index contributed by atoms with van der Waals surface area (Å²) in [6.45, 7) is 4.10. The first-order valence-corrected chi connectivity index (χ1v) is 10.1. The van der Waals surface area contributed by atoms with Crippen molar-refractivity contribution in [1.29, 1.82) is 0 Å². The average molecular weight is 457 g/mol. The number of aromatic nitrogens is 4. The minimum absolute atomic E-state index is 0.0953. The lowest BCUT2D eigenvalue weighted by Crippen LogP contribution is -2.24. The zero-order chi connectivity index (χ0) is 22.2. The van der Waals surface area contributed by atoms with Gasteiger partial charge in [-0.05, 0) is 50.6 Å². The second kappa shape index (κ2) is 8.39. The number of nitrogens with one attached hydrogen (secondary N) is 3. The third-order valence-electron chi connectivity index (χ3n) is 5.20. The molecule has 0 amide bonds. The molecule has 12 heteroatoms. The molecule has 2 atom stereocenters. The van der Waals surface area contributed by atoms with Crippen LogP contribution in [0.1, 0.15) is 24.9 Å². The fourth-order valence-corrected chi connectivity index (χ4v) is 3.87. The number of halogens is 4. The van der Waals surface area contributed by atoms with Crippen LogP contribution in [0, 0.1) is 5.92 Å². The number of fused-ring (bicyclic) bond motifs is 1. The molecule has 0 aliphatic carbocycles. The number of ether oxygens (including phenoxy) is 1. The molecule has 166 valence electrons. The number of hydrogen-bond donors (Lipinski definition) is 3. The van der Waals surface area contributed by atoms with E-state index in [-0.39, 0.29) is 16.2 Å². The van der Waals surface area contributed by atoms with Gasteiger partial charge in [-0.15, -0.1) is 13.2 Å². The van der Waals surface area contributed by atoms with Crippen molar-refractivity contribution >= 4 is 28.7 Å². The Hall–Kier alpha value is -2.79. The molecule has 3 heterocycles. The van der Waals surface area contributed by atoms with Gasteiger partial charge in [0.15, 0.2) is 5.65 Å². The minimum Gasteiger partial charge on any atom is -0.405 e. The Morgan fingerprint density at radius 3 is 2.94 bits per heavy atom. The molecule has 0 bridgehead atoms. The maximum absolute atomic E-state index is 12.9.